The van der Waals surface area contributed by atoms with Gasteiger partial charge in [0.05, 0.1) is 23.1 Å². The lowest BCUT2D eigenvalue weighted by atomic mass is 9.97. The number of allylic oxidation sites excluding steroid dienone is 2. The van der Waals surface area contributed by atoms with Crippen molar-refractivity contribution in [2.75, 3.05) is 5.32 Å². The Morgan fingerprint density at radius 1 is 1.28 bits per heavy atom. The van der Waals surface area contributed by atoms with Gasteiger partial charge in [0, 0.05) is 0 Å². The van der Waals surface area contributed by atoms with E-state index in [1.807, 2.05) is 0 Å². The number of nitrogens with one attached hydrogen (secondary N) is 1. The van der Waals surface area contributed by atoms with Gasteiger partial charge < -0.3 is 5.32 Å². The van der Waals surface area contributed by atoms with E-state index >= 15 is 0 Å². The predicted molar refractivity (Wildman–Crippen MR) is 77.9 cm³/mol. The van der Waals surface area contributed by atoms with Crippen molar-refractivity contribution in [3.8, 4) is 0 Å². The summed E-state index contributed by atoms with van der Waals surface area (Å²) in [6.45, 7) is 6.53. The van der Waals surface area contributed by atoms with Gasteiger partial charge in [-0.15, -0.1) is 0 Å². The van der Waals surface area contributed by atoms with Crippen LogP contribution in [0.2, 0.25) is 0 Å². The van der Waals surface area contributed by atoms with Crippen LogP contribution in [0, 0.1) is 0 Å². The number of fused-ring (bicyclic) bond motifs is 2. The summed E-state index contributed by atoms with van der Waals surface area (Å²) >= 11 is 0. The lowest BCUT2D eigenvalue weighted by Gasteiger charge is -2.26. The molecule has 1 N–H and O–H groups in total. The number of hydrogen-bond donors (Lipinski definition) is 1. The summed E-state index contributed by atoms with van der Waals surface area (Å²) in [7, 11) is 0. The smallest absolute Gasteiger partial charge is 0.0874 e. The van der Waals surface area contributed by atoms with Crippen LogP contribution in [0.5, 0.6) is 0 Å². The average molecular weight is 238 g/mol. The fourth-order valence-corrected chi connectivity index (χ4v) is 2.37. The van der Waals surface area contributed by atoms with Gasteiger partial charge in [0.15, 0.2) is 0 Å². The molecule has 0 saturated carbocycles. The SMILES string of the molecule is CC1=CC2=Nc3ccc(C(C)C)cc3NC2C=C1. The molecule has 1 aromatic rings. The van der Waals surface area contributed by atoms with Crippen molar-refractivity contribution < 1.29 is 0 Å². The number of nitrogens with zero attached hydrogens (tertiary/aromatic N) is 1. The Bertz CT molecular complexity index is 577. The number of benzene rings is 1. The Labute approximate surface area is 108 Å². The molecular formula is C16H18N2. The summed E-state index contributed by atoms with van der Waals surface area (Å²) in [4.78, 5) is 4.74. The van der Waals surface area contributed by atoms with Gasteiger partial charge in [0.1, 0.15) is 0 Å². The van der Waals surface area contributed by atoms with Crippen LogP contribution in [0.25, 0.3) is 0 Å². The first-order chi connectivity index (χ1) is 8.63. The van der Waals surface area contributed by atoms with Crippen LogP contribution < -0.4 is 5.32 Å². The van der Waals surface area contributed by atoms with Crippen molar-refractivity contribution in [3.05, 3.63) is 47.6 Å². The van der Waals surface area contributed by atoms with Crippen LogP contribution in [-0.2, 0) is 0 Å². The molecule has 0 aromatic heterocycles. The van der Waals surface area contributed by atoms with Gasteiger partial charge in [0.25, 0.3) is 0 Å². The maximum Gasteiger partial charge on any atom is 0.0874 e. The first kappa shape index (κ1) is 11.3. The highest BCUT2D eigenvalue weighted by atomic mass is 15.0. The zero-order valence-electron chi connectivity index (χ0n) is 11.1. The van der Waals surface area contributed by atoms with Crippen molar-refractivity contribution in [2.24, 2.45) is 4.99 Å². The standard InChI is InChI=1S/C16H18N2/c1-10(2)12-5-7-14-16(9-12)18-13-6-4-11(3)8-15(13)17-14/h4-10,13,18H,1-3H3. The molecule has 1 atom stereocenters. The molecule has 92 valence electrons. The second kappa shape index (κ2) is 4.13. The molecule has 0 radical (unpaired) electrons. The fraction of sp³-hybridized carbons (Fsp3) is 0.312. The van der Waals surface area contributed by atoms with Gasteiger partial charge in [-0.05, 0) is 42.2 Å². The van der Waals surface area contributed by atoms with E-state index in [4.69, 9.17) is 4.99 Å². The van der Waals surface area contributed by atoms with E-state index in [2.05, 4.69) is 62.5 Å². The lowest BCUT2D eigenvalue weighted by Crippen LogP contribution is -2.30. The highest BCUT2D eigenvalue weighted by Gasteiger charge is 2.21. The van der Waals surface area contributed by atoms with Crippen LogP contribution >= 0.6 is 0 Å². The maximum atomic E-state index is 4.74. The molecule has 1 heterocycles. The quantitative estimate of drug-likeness (QED) is 0.779. The summed E-state index contributed by atoms with van der Waals surface area (Å²) < 4.78 is 0. The van der Waals surface area contributed by atoms with Gasteiger partial charge in [-0.1, -0.05) is 32.1 Å². The summed E-state index contributed by atoms with van der Waals surface area (Å²) in [5.74, 6) is 0.548. The van der Waals surface area contributed by atoms with Gasteiger partial charge in [-0.25, -0.2) is 4.99 Å². The van der Waals surface area contributed by atoms with E-state index in [9.17, 15) is 0 Å². The molecule has 2 nitrogen and oxygen atoms in total. The van der Waals surface area contributed by atoms with E-state index in [-0.39, 0.29) is 6.04 Å². The van der Waals surface area contributed by atoms with Gasteiger partial charge in [-0.2, -0.15) is 0 Å². The molecule has 18 heavy (non-hydrogen) atoms. The number of aliphatic imine (C=N–C) groups is 1. The largest absolute Gasteiger partial charge is 0.372 e. The molecule has 0 spiro atoms. The second-order valence-electron chi connectivity index (χ2n) is 5.34. The van der Waals surface area contributed by atoms with Gasteiger partial charge >= 0.3 is 0 Å². The third-order valence-electron chi connectivity index (χ3n) is 3.49. The van der Waals surface area contributed by atoms with E-state index in [1.54, 1.807) is 0 Å². The highest BCUT2D eigenvalue weighted by Crippen LogP contribution is 2.34. The molecule has 1 unspecified atom stereocenters. The third kappa shape index (κ3) is 1.88. The molecular weight excluding hydrogens is 220 g/mol. The monoisotopic (exact) mass is 238 g/mol. The Hall–Kier alpha value is -1.83. The van der Waals surface area contributed by atoms with Crippen molar-refractivity contribution in [3.63, 3.8) is 0 Å². The van der Waals surface area contributed by atoms with Gasteiger partial charge in [0.2, 0.25) is 0 Å². The summed E-state index contributed by atoms with van der Waals surface area (Å²) in [5, 5.41) is 3.55. The Morgan fingerprint density at radius 3 is 2.89 bits per heavy atom. The number of rotatable bonds is 1. The van der Waals surface area contributed by atoms with E-state index in [0.29, 0.717) is 5.92 Å². The molecule has 1 aromatic carbocycles. The van der Waals surface area contributed by atoms with Crippen molar-refractivity contribution in [1.82, 2.24) is 0 Å². The predicted octanol–water partition coefficient (Wildman–Crippen LogP) is 4.19. The third-order valence-corrected chi connectivity index (χ3v) is 3.49. The number of hydrogen-bond acceptors (Lipinski definition) is 2. The van der Waals surface area contributed by atoms with Crippen LogP contribution in [-0.4, -0.2) is 11.8 Å². The Balaban J connectivity index is 2.04. The lowest BCUT2D eigenvalue weighted by molar-refractivity contribution is 0.866. The highest BCUT2D eigenvalue weighted by molar-refractivity contribution is 6.08. The zero-order valence-corrected chi connectivity index (χ0v) is 11.1. The molecule has 0 fully saturated rings. The van der Waals surface area contributed by atoms with Crippen molar-refractivity contribution in [2.45, 2.75) is 32.7 Å². The minimum absolute atomic E-state index is 0.226. The number of anilines is 1. The second-order valence-corrected chi connectivity index (χ2v) is 5.34. The van der Waals surface area contributed by atoms with Crippen molar-refractivity contribution in [1.29, 1.82) is 0 Å². The zero-order chi connectivity index (χ0) is 12.7. The summed E-state index contributed by atoms with van der Waals surface area (Å²) in [6, 6.07) is 6.73. The minimum Gasteiger partial charge on any atom is -0.372 e. The van der Waals surface area contributed by atoms with Crippen molar-refractivity contribution >= 4 is 17.1 Å². The topological polar surface area (TPSA) is 24.4 Å². The Kier molecular flexibility index (Phi) is 2.58. The summed E-state index contributed by atoms with van der Waals surface area (Å²) in [6.07, 6.45) is 6.48. The minimum atomic E-state index is 0.226. The van der Waals surface area contributed by atoms with E-state index < -0.39 is 0 Å². The van der Waals surface area contributed by atoms with Crippen LogP contribution in [0.1, 0.15) is 32.3 Å². The first-order valence-electron chi connectivity index (χ1n) is 6.49. The molecule has 2 heteroatoms. The molecule has 1 aliphatic carbocycles. The molecule has 3 rings (SSSR count). The van der Waals surface area contributed by atoms with Gasteiger partial charge in [-0.3, -0.25) is 0 Å². The molecule has 0 saturated heterocycles. The van der Waals surface area contributed by atoms with Crippen LogP contribution in [0.4, 0.5) is 11.4 Å². The molecule has 1 aliphatic heterocycles. The van der Waals surface area contributed by atoms with Crippen LogP contribution in [0.3, 0.4) is 0 Å². The molecule has 0 amide bonds. The Morgan fingerprint density at radius 2 is 2.11 bits per heavy atom. The average Bonchev–Trinajstić information content (AvgIpc) is 2.35. The van der Waals surface area contributed by atoms with Crippen LogP contribution in [0.15, 0.2) is 47.0 Å². The fourth-order valence-electron chi connectivity index (χ4n) is 2.37. The molecule has 2 aliphatic rings. The molecule has 0 bridgehead atoms. The normalized spacial score (nSPS) is 20.8. The summed E-state index contributed by atoms with van der Waals surface area (Å²) in [5.41, 5.74) is 5.91. The maximum absolute atomic E-state index is 4.74. The first-order valence-corrected chi connectivity index (χ1v) is 6.49. The van der Waals surface area contributed by atoms with E-state index in [1.165, 1.54) is 11.1 Å². The van der Waals surface area contributed by atoms with E-state index in [0.717, 1.165) is 17.1 Å².